The molecule has 1 fully saturated rings. The Labute approximate surface area is 128 Å². The second-order valence-electron chi connectivity index (χ2n) is 5.25. The van der Waals surface area contributed by atoms with Crippen LogP contribution in [0.4, 0.5) is 0 Å². The molecule has 2 atom stereocenters. The number of aliphatic hydroxyl groups is 1. The van der Waals surface area contributed by atoms with Gasteiger partial charge in [0, 0.05) is 23.0 Å². The second-order valence-corrected chi connectivity index (χ2v) is 6.16. The van der Waals surface area contributed by atoms with Gasteiger partial charge in [0.25, 0.3) is 0 Å². The third-order valence-electron chi connectivity index (χ3n) is 3.68. The van der Waals surface area contributed by atoms with Crippen LogP contribution >= 0.6 is 15.9 Å². The van der Waals surface area contributed by atoms with Crippen molar-refractivity contribution in [3.63, 3.8) is 0 Å². The summed E-state index contributed by atoms with van der Waals surface area (Å²) in [6.07, 6.45) is 7.15. The van der Waals surface area contributed by atoms with Crippen molar-refractivity contribution in [2.75, 3.05) is 6.54 Å². The monoisotopic (exact) mass is 337 g/mol. The molecule has 2 N–H and O–H groups in total. The molecule has 1 saturated carbocycles. The lowest BCUT2D eigenvalue weighted by molar-refractivity contribution is -0.116. The predicted octanol–water partition coefficient (Wildman–Crippen LogP) is 3.13. The van der Waals surface area contributed by atoms with Crippen LogP contribution in [0.2, 0.25) is 0 Å². The van der Waals surface area contributed by atoms with Crippen molar-refractivity contribution >= 4 is 27.9 Å². The Morgan fingerprint density at radius 2 is 2.20 bits per heavy atom. The summed E-state index contributed by atoms with van der Waals surface area (Å²) < 4.78 is 0.991. The zero-order valence-electron chi connectivity index (χ0n) is 11.4. The van der Waals surface area contributed by atoms with Crippen LogP contribution in [0.5, 0.6) is 0 Å². The number of aliphatic hydroxyl groups excluding tert-OH is 1. The average molecular weight is 338 g/mol. The molecule has 0 heterocycles. The number of nitrogens with one attached hydrogen (secondary N) is 1. The highest BCUT2D eigenvalue weighted by atomic mass is 79.9. The number of amides is 1. The predicted molar refractivity (Wildman–Crippen MR) is 84.2 cm³/mol. The standard InChI is InChI=1S/C16H20BrNO2/c17-14-6-3-4-12(10-14)8-9-16(20)18-11-13-5-1-2-7-15(13)19/h3-4,6,8-10,13,15,19H,1-2,5,7,11H2,(H,18,20). The quantitative estimate of drug-likeness (QED) is 0.829. The lowest BCUT2D eigenvalue weighted by Crippen LogP contribution is -2.36. The van der Waals surface area contributed by atoms with Crippen LogP contribution in [-0.2, 0) is 4.79 Å². The summed E-state index contributed by atoms with van der Waals surface area (Å²) in [4.78, 5) is 11.8. The van der Waals surface area contributed by atoms with Crippen LogP contribution in [0, 0.1) is 5.92 Å². The van der Waals surface area contributed by atoms with Crippen LogP contribution in [0.1, 0.15) is 31.2 Å². The van der Waals surface area contributed by atoms with E-state index >= 15 is 0 Å². The first-order chi connectivity index (χ1) is 9.65. The Morgan fingerprint density at radius 1 is 1.40 bits per heavy atom. The third kappa shape index (κ3) is 4.76. The molecule has 4 heteroatoms. The van der Waals surface area contributed by atoms with E-state index in [1.807, 2.05) is 24.3 Å². The smallest absolute Gasteiger partial charge is 0.244 e. The molecule has 0 aliphatic heterocycles. The summed E-state index contributed by atoms with van der Waals surface area (Å²) in [5, 5.41) is 12.7. The first-order valence-electron chi connectivity index (χ1n) is 7.04. The zero-order valence-corrected chi connectivity index (χ0v) is 13.0. The topological polar surface area (TPSA) is 49.3 Å². The Morgan fingerprint density at radius 3 is 2.95 bits per heavy atom. The third-order valence-corrected chi connectivity index (χ3v) is 4.18. The molecule has 1 aliphatic carbocycles. The number of carbonyl (C=O) groups is 1. The van der Waals surface area contributed by atoms with Crippen molar-refractivity contribution < 1.29 is 9.90 Å². The van der Waals surface area contributed by atoms with E-state index in [9.17, 15) is 9.90 Å². The fraction of sp³-hybridized carbons (Fsp3) is 0.438. The lowest BCUT2D eigenvalue weighted by atomic mass is 9.86. The second kappa shape index (κ2) is 7.60. The van der Waals surface area contributed by atoms with Gasteiger partial charge < -0.3 is 10.4 Å². The summed E-state index contributed by atoms with van der Waals surface area (Å²) >= 11 is 3.40. The molecule has 0 spiro atoms. The molecule has 108 valence electrons. The van der Waals surface area contributed by atoms with Gasteiger partial charge in [0.2, 0.25) is 5.91 Å². The van der Waals surface area contributed by atoms with Gasteiger partial charge in [0.1, 0.15) is 0 Å². The number of benzene rings is 1. The molecule has 1 amide bonds. The summed E-state index contributed by atoms with van der Waals surface area (Å²) in [7, 11) is 0. The highest BCUT2D eigenvalue weighted by molar-refractivity contribution is 9.10. The van der Waals surface area contributed by atoms with E-state index in [0.29, 0.717) is 6.54 Å². The summed E-state index contributed by atoms with van der Waals surface area (Å²) in [5.41, 5.74) is 0.979. The zero-order chi connectivity index (χ0) is 14.4. The Kier molecular flexibility index (Phi) is 5.80. The molecule has 1 aromatic carbocycles. The van der Waals surface area contributed by atoms with Gasteiger partial charge in [-0.15, -0.1) is 0 Å². The van der Waals surface area contributed by atoms with E-state index in [1.54, 1.807) is 6.08 Å². The maximum atomic E-state index is 11.8. The van der Waals surface area contributed by atoms with Crippen LogP contribution in [0.3, 0.4) is 0 Å². The summed E-state index contributed by atoms with van der Waals surface area (Å²) in [6, 6.07) is 7.77. The summed E-state index contributed by atoms with van der Waals surface area (Å²) in [6.45, 7) is 0.558. The number of halogens is 1. The number of rotatable bonds is 4. The first-order valence-corrected chi connectivity index (χ1v) is 7.84. The minimum atomic E-state index is -0.266. The Hall–Kier alpha value is -1.13. The number of hydrogen-bond acceptors (Lipinski definition) is 2. The molecule has 0 aromatic heterocycles. The minimum absolute atomic E-state index is 0.109. The normalized spacial score (nSPS) is 22.9. The largest absolute Gasteiger partial charge is 0.393 e. The molecule has 3 nitrogen and oxygen atoms in total. The Balaban J connectivity index is 1.80. The minimum Gasteiger partial charge on any atom is -0.393 e. The maximum absolute atomic E-state index is 11.8. The van der Waals surface area contributed by atoms with Crippen molar-refractivity contribution in [3.05, 3.63) is 40.4 Å². The molecule has 2 unspecified atom stereocenters. The highest BCUT2D eigenvalue weighted by Gasteiger charge is 2.22. The van der Waals surface area contributed by atoms with Gasteiger partial charge in [-0.3, -0.25) is 4.79 Å². The van der Waals surface area contributed by atoms with E-state index in [0.717, 1.165) is 35.7 Å². The van der Waals surface area contributed by atoms with E-state index in [-0.39, 0.29) is 17.9 Å². The van der Waals surface area contributed by atoms with Crippen LogP contribution in [-0.4, -0.2) is 23.7 Å². The van der Waals surface area contributed by atoms with Gasteiger partial charge in [-0.2, -0.15) is 0 Å². The van der Waals surface area contributed by atoms with Gasteiger partial charge >= 0.3 is 0 Å². The fourth-order valence-corrected chi connectivity index (χ4v) is 2.92. The SMILES string of the molecule is O=C(C=Cc1cccc(Br)c1)NCC1CCCCC1O. The first kappa shape index (κ1) is 15.3. The van der Waals surface area contributed by atoms with Crippen molar-refractivity contribution in [2.45, 2.75) is 31.8 Å². The average Bonchev–Trinajstić information content (AvgIpc) is 2.44. The lowest BCUT2D eigenvalue weighted by Gasteiger charge is -2.27. The molecular weight excluding hydrogens is 318 g/mol. The van der Waals surface area contributed by atoms with Crippen molar-refractivity contribution in [3.8, 4) is 0 Å². The summed E-state index contributed by atoms with van der Waals surface area (Å²) in [5.74, 6) is 0.0923. The van der Waals surface area contributed by atoms with Gasteiger partial charge in [-0.25, -0.2) is 0 Å². The van der Waals surface area contributed by atoms with Gasteiger partial charge in [0.05, 0.1) is 6.10 Å². The van der Waals surface area contributed by atoms with Crippen molar-refractivity contribution in [1.29, 1.82) is 0 Å². The van der Waals surface area contributed by atoms with Gasteiger partial charge in [0.15, 0.2) is 0 Å². The maximum Gasteiger partial charge on any atom is 0.244 e. The van der Waals surface area contributed by atoms with E-state index in [1.165, 1.54) is 6.08 Å². The molecular formula is C16H20BrNO2. The van der Waals surface area contributed by atoms with Gasteiger partial charge in [-0.05, 0) is 36.6 Å². The fourth-order valence-electron chi connectivity index (χ4n) is 2.50. The van der Waals surface area contributed by atoms with E-state index in [4.69, 9.17) is 0 Å². The highest BCUT2D eigenvalue weighted by Crippen LogP contribution is 2.23. The molecule has 20 heavy (non-hydrogen) atoms. The molecule has 1 aromatic rings. The van der Waals surface area contributed by atoms with Crippen molar-refractivity contribution in [1.82, 2.24) is 5.32 Å². The number of carbonyl (C=O) groups excluding carboxylic acids is 1. The van der Waals surface area contributed by atoms with Crippen LogP contribution in [0.25, 0.3) is 6.08 Å². The molecule has 0 saturated heterocycles. The number of hydrogen-bond donors (Lipinski definition) is 2. The van der Waals surface area contributed by atoms with Crippen LogP contribution in [0.15, 0.2) is 34.8 Å². The molecule has 2 rings (SSSR count). The van der Waals surface area contributed by atoms with E-state index < -0.39 is 0 Å². The Bertz CT molecular complexity index is 487. The van der Waals surface area contributed by atoms with E-state index in [2.05, 4.69) is 21.2 Å². The van der Waals surface area contributed by atoms with Crippen molar-refractivity contribution in [2.24, 2.45) is 5.92 Å². The van der Waals surface area contributed by atoms with Crippen LogP contribution < -0.4 is 5.32 Å². The van der Waals surface area contributed by atoms with Gasteiger partial charge in [-0.1, -0.05) is 40.9 Å². The molecule has 0 bridgehead atoms. The molecule has 0 radical (unpaired) electrons. The molecule has 1 aliphatic rings.